The van der Waals surface area contributed by atoms with E-state index in [0.717, 1.165) is 5.69 Å². The molecule has 0 aromatic carbocycles. The lowest BCUT2D eigenvalue weighted by Crippen LogP contribution is -2.16. The van der Waals surface area contributed by atoms with Crippen LogP contribution in [0, 0.1) is 11.5 Å². The van der Waals surface area contributed by atoms with Crippen LogP contribution in [0.25, 0.3) is 0 Å². The lowest BCUT2D eigenvalue weighted by molar-refractivity contribution is 1.29. The Labute approximate surface area is 80.2 Å². The van der Waals surface area contributed by atoms with Crippen molar-refractivity contribution in [2.24, 2.45) is 0 Å². The van der Waals surface area contributed by atoms with Crippen LogP contribution in [0.1, 0.15) is 5.69 Å². The van der Waals surface area contributed by atoms with Crippen LogP contribution in [-0.4, -0.2) is 13.1 Å². The molecular formula is C10H14N2Si. The zero-order chi connectivity index (χ0) is 9.90. The number of nitrogen functional groups attached to an aromatic ring is 1. The maximum Gasteiger partial charge on any atom is 0.129 e. The second-order valence-electron chi connectivity index (χ2n) is 3.98. The summed E-state index contributed by atoms with van der Waals surface area (Å²) in [5, 5.41) is 0. The van der Waals surface area contributed by atoms with Crippen LogP contribution in [0.2, 0.25) is 19.6 Å². The predicted octanol–water partition coefficient (Wildman–Crippen LogP) is 1.89. The summed E-state index contributed by atoms with van der Waals surface area (Å²) in [6.45, 7) is 6.62. The van der Waals surface area contributed by atoms with Crippen molar-refractivity contribution in [2.75, 3.05) is 5.73 Å². The smallest absolute Gasteiger partial charge is 0.129 e. The molecule has 0 aliphatic heterocycles. The molecular weight excluding hydrogens is 176 g/mol. The van der Waals surface area contributed by atoms with Crippen LogP contribution in [0.3, 0.4) is 0 Å². The van der Waals surface area contributed by atoms with E-state index < -0.39 is 8.07 Å². The van der Waals surface area contributed by atoms with E-state index in [1.807, 2.05) is 12.1 Å². The highest BCUT2D eigenvalue weighted by molar-refractivity contribution is 6.83. The summed E-state index contributed by atoms with van der Waals surface area (Å²) in [6.07, 6.45) is 1.63. The van der Waals surface area contributed by atoms with Gasteiger partial charge < -0.3 is 5.73 Å². The number of anilines is 1. The van der Waals surface area contributed by atoms with Gasteiger partial charge in [-0.05, 0) is 12.1 Å². The summed E-state index contributed by atoms with van der Waals surface area (Å²) in [5.41, 5.74) is 10.2. The third-order valence-electron chi connectivity index (χ3n) is 1.35. The zero-order valence-corrected chi connectivity index (χ0v) is 9.26. The SMILES string of the molecule is C[Si](C)(C)C#Cc1ccc(N)cn1. The molecule has 13 heavy (non-hydrogen) atoms. The van der Waals surface area contributed by atoms with Gasteiger partial charge in [-0.1, -0.05) is 25.6 Å². The van der Waals surface area contributed by atoms with Crippen molar-refractivity contribution in [1.29, 1.82) is 0 Å². The fraction of sp³-hybridized carbons (Fsp3) is 0.300. The molecule has 0 amide bonds. The van der Waals surface area contributed by atoms with Crippen molar-refractivity contribution in [3.8, 4) is 11.5 Å². The van der Waals surface area contributed by atoms with Gasteiger partial charge in [-0.15, -0.1) is 5.54 Å². The lowest BCUT2D eigenvalue weighted by atomic mass is 10.3. The molecule has 0 unspecified atom stereocenters. The zero-order valence-electron chi connectivity index (χ0n) is 8.26. The van der Waals surface area contributed by atoms with E-state index in [0.29, 0.717) is 5.69 Å². The van der Waals surface area contributed by atoms with Crippen LogP contribution >= 0.6 is 0 Å². The molecule has 0 spiro atoms. The van der Waals surface area contributed by atoms with Gasteiger partial charge in [0.05, 0.1) is 11.9 Å². The topological polar surface area (TPSA) is 38.9 Å². The Morgan fingerprint density at radius 2 is 2.00 bits per heavy atom. The first-order valence-electron chi connectivity index (χ1n) is 4.22. The minimum atomic E-state index is -1.29. The van der Waals surface area contributed by atoms with Gasteiger partial charge in [0, 0.05) is 0 Å². The molecule has 3 heteroatoms. The van der Waals surface area contributed by atoms with Gasteiger partial charge in [0.2, 0.25) is 0 Å². The van der Waals surface area contributed by atoms with Crippen molar-refractivity contribution in [2.45, 2.75) is 19.6 Å². The average molecular weight is 190 g/mol. The van der Waals surface area contributed by atoms with E-state index in [1.165, 1.54) is 0 Å². The number of aromatic nitrogens is 1. The van der Waals surface area contributed by atoms with Gasteiger partial charge in [0.25, 0.3) is 0 Å². The highest BCUT2D eigenvalue weighted by Gasteiger charge is 2.07. The number of nitrogens with zero attached hydrogens (tertiary/aromatic N) is 1. The molecule has 0 saturated carbocycles. The van der Waals surface area contributed by atoms with Gasteiger partial charge in [0.1, 0.15) is 13.8 Å². The molecule has 0 aliphatic rings. The molecule has 1 rings (SSSR count). The molecule has 0 atom stereocenters. The Balaban J connectivity index is 2.85. The standard InChI is InChI=1S/C10H14N2Si/c1-13(2,3)7-6-10-5-4-9(11)8-12-10/h4-5,8H,11H2,1-3H3. The van der Waals surface area contributed by atoms with Crippen molar-refractivity contribution in [3.63, 3.8) is 0 Å². The maximum absolute atomic E-state index is 5.51. The van der Waals surface area contributed by atoms with E-state index >= 15 is 0 Å². The third-order valence-corrected chi connectivity index (χ3v) is 2.23. The van der Waals surface area contributed by atoms with Crippen molar-refractivity contribution < 1.29 is 0 Å². The Kier molecular flexibility index (Phi) is 2.74. The number of rotatable bonds is 0. The third kappa shape index (κ3) is 3.77. The summed E-state index contributed by atoms with van der Waals surface area (Å²) < 4.78 is 0. The molecule has 2 N–H and O–H groups in total. The number of hydrogen-bond donors (Lipinski definition) is 1. The second-order valence-corrected chi connectivity index (χ2v) is 8.73. The largest absolute Gasteiger partial charge is 0.397 e. The van der Waals surface area contributed by atoms with Gasteiger partial charge in [0.15, 0.2) is 0 Å². The minimum absolute atomic E-state index is 0.679. The average Bonchev–Trinajstić information content (AvgIpc) is 2.02. The van der Waals surface area contributed by atoms with Crippen LogP contribution in [0.15, 0.2) is 18.3 Å². The molecule has 1 aromatic rings. The van der Waals surface area contributed by atoms with Crippen LogP contribution in [0.4, 0.5) is 5.69 Å². The maximum atomic E-state index is 5.51. The van der Waals surface area contributed by atoms with E-state index in [1.54, 1.807) is 6.20 Å². The Morgan fingerprint density at radius 1 is 1.31 bits per heavy atom. The molecule has 0 bridgehead atoms. The Bertz CT molecular complexity index is 338. The fourth-order valence-electron chi connectivity index (χ4n) is 0.731. The summed E-state index contributed by atoms with van der Waals surface area (Å²) >= 11 is 0. The minimum Gasteiger partial charge on any atom is -0.397 e. The first-order valence-corrected chi connectivity index (χ1v) is 7.72. The Morgan fingerprint density at radius 3 is 2.46 bits per heavy atom. The van der Waals surface area contributed by atoms with E-state index in [-0.39, 0.29) is 0 Å². The van der Waals surface area contributed by atoms with Crippen LogP contribution < -0.4 is 5.73 Å². The first-order chi connectivity index (χ1) is 5.97. The summed E-state index contributed by atoms with van der Waals surface area (Å²) in [4.78, 5) is 4.10. The predicted molar refractivity (Wildman–Crippen MR) is 58.9 cm³/mol. The van der Waals surface area contributed by atoms with Crippen molar-refractivity contribution in [3.05, 3.63) is 24.0 Å². The molecule has 0 radical (unpaired) electrons. The molecule has 0 saturated heterocycles. The number of pyridine rings is 1. The molecule has 0 fully saturated rings. The highest BCUT2D eigenvalue weighted by atomic mass is 28.3. The van der Waals surface area contributed by atoms with Gasteiger partial charge in [-0.2, -0.15) is 0 Å². The Hall–Kier alpha value is -1.27. The van der Waals surface area contributed by atoms with Gasteiger partial charge in [-0.3, -0.25) is 0 Å². The van der Waals surface area contributed by atoms with Crippen molar-refractivity contribution >= 4 is 13.8 Å². The summed E-state index contributed by atoms with van der Waals surface area (Å²) in [7, 11) is -1.29. The lowest BCUT2D eigenvalue weighted by Gasteiger charge is -2.02. The van der Waals surface area contributed by atoms with Crippen molar-refractivity contribution in [1.82, 2.24) is 4.98 Å². The number of nitrogens with two attached hydrogens (primary N) is 1. The molecule has 0 aliphatic carbocycles. The van der Waals surface area contributed by atoms with Crippen LogP contribution in [-0.2, 0) is 0 Å². The van der Waals surface area contributed by atoms with E-state index in [9.17, 15) is 0 Å². The molecule has 68 valence electrons. The van der Waals surface area contributed by atoms with E-state index in [2.05, 4.69) is 36.1 Å². The molecule has 1 heterocycles. The van der Waals surface area contributed by atoms with Gasteiger partial charge in [-0.25, -0.2) is 4.98 Å². The number of hydrogen-bond acceptors (Lipinski definition) is 2. The van der Waals surface area contributed by atoms with E-state index in [4.69, 9.17) is 5.73 Å². The molecule has 1 aromatic heterocycles. The normalized spacial score (nSPS) is 10.4. The van der Waals surface area contributed by atoms with Crippen LogP contribution in [0.5, 0.6) is 0 Å². The fourth-order valence-corrected chi connectivity index (χ4v) is 1.23. The molecule has 2 nitrogen and oxygen atoms in total. The monoisotopic (exact) mass is 190 g/mol. The summed E-state index contributed by atoms with van der Waals surface area (Å²) in [5.74, 6) is 3.06. The highest BCUT2D eigenvalue weighted by Crippen LogP contribution is 2.01. The summed E-state index contributed by atoms with van der Waals surface area (Å²) in [6, 6.07) is 3.67. The first kappa shape index (κ1) is 9.81. The quantitative estimate of drug-likeness (QED) is 0.501. The second kappa shape index (κ2) is 3.63. The van der Waals surface area contributed by atoms with Gasteiger partial charge >= 0.3 is 0 Å².